The quantitative estimate of drug-likeness (QED) is 0.652. The summed E-state index contributed by atoms with van der Waals surface area (Å²) in [6.07, 6.45) is 1.17. The first kappa shape index (κ1) is 15.1. The van der Waals surface area contributed by atoms with E-state index >= 15 is 0 Å². The Bertz CT molecular complexity index is 753. The minimum Gasteiger partial charge on any atom is -0.489 e. The van der Waals surface area contributed by atoms with Gasteiger partial charge in [0.15, 0.2) is 9.84 Å². The van der Waals surface area contributed by atoms with Gasteiger partial charge in [0.25, 0.3) is 0 Å². The fourth-order valence-corrected chi connectivity index (χ4v) is 2.38. The zero-order valence-corrected chi connectivity index (χ0v) is 12.4. The normalized spacial score (nSPS) is 11.1. The Hall–Kier alpha value is -2.34. The molecular weight excluding hydrogens is 288 g/mol. The molecule has 0 amide bonds. The maximum atomic E-state index is 11.4. The molecule has 2 aromatic carbocycles. The topological polar surface area (TPSA) is 93.2 Å². The minimum atomic E-state index is -3.18. The number of rotatable bonds is 5. The Labute approximate surface area is 123 Å². The van der Waals surface area contributed by atoms with Gasteiger partial charge in [0.1, 0.15) is 18.2 Å². The second kappa shape index (κ2) is 5.97. The Morgan fingerprint density at radius 3 is 2.43 bits per heavy atom. The summed E-state index contributed by atoms with van der Waals surface area (Å²) in [5.41, 5.74) is 6.87. The molecule has 110 valence electrons. The van der Waals surface area contributed by atoms with Gasteiger partial charge in [-0.25, -0.2) is 8.42 Å². The molecule has 21 heavy (non-hydrogen) atoms. The van der Waals surface area contributed by atoms with Crippen LogP contribution >= 0.6 is 0 Å². The van der Waals surface area contributed by atoms with Crippen LogP contribution in [0, 0.1) is 5.41 Å². The SMILES string of the molecule is CS(=O)(=O)c1ccc(COc2cccc(C(=N)N)c2)cc1. The first-order valence-electron chi connectivity index (χ1n) is 6.22. The van der Waals surface area contributed by atoms with E-state index in [1.807, 2.05) is 0 Å². The number of nitrogen functional groups attached to an aromatic ring is 1. The van der Waals surface area contributed by atoms with E-state index in [9.17, 15) is 8.42 Å². The van der Waals surface area contributed by atoms with Gasteiger partial charge in [0.05, 0.1) is 4.90 Å². The smallest absolute Gasteiger partial charge is 0.175 e. The zero-order chi connectivity index (χ0) is 15.5. The lowest BCUT2D eigenvalue weighted by molar-refractivity contribution is 0.306. The maximum absolute atomic E-state index is 11.4. The monoisotopic (exact) mass is 304 g/mol. The first-order chi connectivity index (χ1) is 9.86. The molecule has 5 nitrogen and oxygen atoms in total. The lowest BCUT2D eigenvalue weighted by Crippen LogP contribution is -2.10. The van der Waals surface area contributed by atoms with Crippen LogP contribution in [0.15, 0.2) is 53.4 Å². The molecule has 0 spiro atoms. The molecule has 0 saturated heterocycles. The van der Waals surface area contributed by atoms with Crippen molar-refractivity contribution in [1.82, 2.24) is 0 Å². The minimum absolute atomic E-state index is 0.0158. The Kier molecular flexibility index (Phi) is 4.28. The van der Waals surface area contributed by atoms with Crippen molar-refractivity contribution in [1.29, 1.82) is 5.41 Å². The van der Waals surface area contributed by atoms with E-state index in [-0.39, 0.29) is 10.7 Å². The van der Waals surface area contributed by atoms with Crippen LogP contribution in [0.2, 0.25) is 0 Å². The number of hydrogen-bond acceptors (Lipinski definition) is 4. The Morgan fingerprint density at radius 2 is 1.86 bits per heavy atom. The third kappa shape index (κ3) is 4.06. The number of benzene rings is 2. The van der Waals surface area contributed by atoms with Crippen molar-refractivity contribution in [2.45, 2.75) is 11.5 Å². The molecule has 3 N–H and O–H groups in total. The molecule has 2 rings (SSSR count). The van der Waals surface area contributed by atoms with Crippen molar-refractivity contribution >= 4 is 15.7 Å². The predicted octanol–water partition coefficient (Wildman–Crippen LogP) is 1.95. The van der Waals surface area contributed by atoms with Gasteiger partial charge in [0.2, 0.25) is 0 Å². The lowest BCUT2D eigenvalue weighted by atomic mass is 10.2. The van der Waals surface area contributed by atoms with Crippen LogP contribution in [0.1, 0.15) is 11.1 Å². The third-order valence-corrected chi connectivity index (χ3v) is 4.03. The number of amidine groups is 1. The third-order valence-electron chi connectivity index (χ3n) is 2.90. The summed E-state index contributed by atoms with van der Waals surface area (Å²) >= 11 is 0. The van der Waals surface area contributed by atoms with Crippen molar-refractivity contribution in [3.63, 3.8) is 0 Å². The average molecular weight is 304 g/mol. The Balaban J connectivity index is 2.06. The highest BCUT2D eigenvalue weighted by Gasteiger charge is 2.06. The van der Waals surface area contributed by atoms with Crippen LogP contribution in [0.25, 0.3) is 0 Å². The summed E-state index contributed by atoms with van der Waals surface area (Å²) in [7, 11) is -3.18. The second-order valence-electron chi connectivity index (χ2n) is 4.65. The fourth-order valence-electron chi connectivity index (χ4n) is 1.75. The summed E-state index contributed by atoms with van der Waals surface area (Å²) in [5, 5.41) is 7.38. The fraction of sp³-hybridized carbons (Fsp3) is 0.133. The highest BCUT2D eigenvalue weighted by molar-refractivity contribution is 7.90. The van der Waals surface area contributed by atoms with Crippen LogP contribution in [0.3, 0.4) is 0 Å². The molecular formula is C15H16N2O3S. The summed E-state index contributed by atoms with van der Waals surface area (Å²) in [5.74, 6) is 0.591. The van der Waals surface area contributed by atoms with Crippen LogP contribution in [-0.4, -0.2) is 20.5 Å². The van der Waals surface area contributed by atoms with Gasteiger partial charge >= 0.3 is 0 Å². The number of ether oxygens (including phenoxy) is 1. The molecule has 0 saturated carbocycles. The largest absolute Gasteiger partial charge is 0.489 e. The van der Waals surface area contributed by atoms with E-state index in [1.54, 1.807) is 48.5 Å². The van der Waals surface area contributed by atoms with Gasteiger partial charge < -0.3 is 10.5 Å². The summed E-state index contributed by atoms with van der Waals surface area (Å²) in [6, 6.07) is 13.5. The number of nitrogens with one attached hydrogen (secondary N) is 1. The molecule has 0 unspecified atom stereocenters. The van der Waals surface area contributed by atoms with Crippen molar-refractivity contribution in [3.8, 4) is 5.75 Å². The molecule has 0 heterocycles. The van der Waals surface area contributed by atoms with Crippen molar-refractivity contribution in [2.75, 3.05) is 6.26 Å². The van der Waals surface area contributed by atoms with E-state index in [0.29, 0.717) is 17.9 Å². The molecule has 0 fully saturated rings. The zero-order valence-electron chi connectivity index (χ0n) is 11.5. The lowest BCUT2D eigenvalue weighted by Gasteiger charge is -2.08. The summed E-state index contributed by atoms with van der Waals surface area (Å²) in [4.78, 5) is 0.282. The highest BCUT2D eigenvalue weighted by Crippen LogP contribution is 2.16. The molecule has 2 aromatic rings. The standard InChI is InChI=1S/C15H16N2O3S/c1-21(18,19)14-7-5-11(6-8-14)10-20-13-4-2-3-12(9-13)15(16)17/h2-9H,10H2,1H3,(H3,16,17). The molecule has 0 aromatic heterocycles. The second-order valence-corrected chi connectivity index (χ2v) is 6.66. The van der Waals surface area contributed by atoms with Crippen molar-refractivity contribution in [2.24, 2.45) is 5.73 Å². The molecule has 0 aliphatic heterocycles. The van der Waals surface area contributed by atoms with Gasteiger partial charge in [-0.15, -0.1) is 0 Å². The van der Waals surface area contributed by atoms with Gasteiger partial charge in [-0.3, -0.25) is 5.41 Å². The molecule has 0 radical (unpaired) electrons. The van der Waals surface area contributed by atoms with Crippen LogP contribution < -0.4 is 10.5 Å². The summed E-state index contributed by atoms with van der Waals surface area (Å²) in [6.45, 7) is 0.311. The molecule has 0 aliphatic rings. The number of nitrogens with two attached hydrogens (primary N) is 1. The van der Waals surface area contributed by atoms with Crippen LogP contribution in [0.4, 0.5) is 0 Å². The van der Waals surface area contributed by atoms with Crippen molar-refractivity contribution in [3.05, 3.63) is 59.7 Å². The Morgan fingerprint density at radius 1 is 1.19 bits per heavy atom. The van der Waals surface area contributed by atoms with E-state index < -0.39 is 9.84 Å². The average Bonchev–Trinajstić information content (AvgIpc) is 2.45. The molecule has 6 heteroatoms. The van der Waals surface area contributed by atoms with Crippen molar-refractivity contribution < 1.29 is 13.2 Å². The maximum Gasteiger partial charge on any atom is 0.175 e. The van der Waals surface area contributed by atoms with Gasteiger partial charge in [-0.1, -0.05) is 24.3 Å². The first-order valence-corrected chi connectivity index (χ1v) is 8.11. The van der Waals surface area contributed by atoms with E-state index in [1.165, 1.54) is 6.26 Å². The highest BCUT2D eigenvalue weighted by atomic mass is 32.2. The van der Waals surface area contributed by atoms with E-state index in [2.05, 4.69) is 0 Å². The van der Waals surface area contributed by atoms with Crippen LogP contribution in [-0.2, 0) is 16.4 Å². The van der Waals surface area contributed by atoms with Gasteiger partial charge in [0, 0.05) is 11.8 Å². The van der Waals surface area contributed by atoms with E-state index in [0.717, 1.165) is 5.56 Å². The molecule has 0 atom stereocenters. The molecule has 0 aliphatic carbocycles. The van der Waals surface area contributed by atoms with E-state index in [4.69, 9.17) is 15.9 Å². The molecule has 0 bridgehead atoms. The van der Waals surface area contributed by atoms with Gasteiger partial charge in [-0.2, -0.15) is 0 Å². The van der Waals surface area contributed by atoms with Gasteiger partial charge in [-0.05, 0) is 29.8 Å². The van der Waals surface area contributed by atoms with Crippen LogP contribution in [0.5, 0.6) is 5.75 Å². The number of sulfone groups is 1. The predicted molar refractivity (Wildman–Crippen MR) is 81.3 cm³/mol. The number of hydrogen-bond donors (Lipinski definition) is 2. The summed E-state index contributed by atoms with van der Waals surface area (Å²) < 4.78 is 28.3.